The fourth-order valence-electron chi connectivity index (χ4n) is 7.26. The highest BCUT2D eigenvalue weighted by molar-refractivity contribution is 5.84. The van der Waals surface area contributed by atoms with E-state index in [1.54, 1.807) is 0 Å². The fraction of sp³-hybridized carbons (Fsp3) is 0.951. The molecule has 302 valence electrons. The van der Waals surface area contributed by atoms with Crippen LogP contribution < -0.4 is 11.5 Å². The van der Waals surface area contributed by atoms with Crippen LogP contribution in [0.25, 0.3) is 0 Å². The Morgan fingerprint density at radius 1 is 0.627 bits per heavy atom. The highest BCUT2D eigenvalue weighted by atomic mass is 16.6. The Hall–Kier alpha value is -1.14. The van der Waals surface area contributed by atoms with Crippen LogP contribution in [0.5, 0.6) is 0 Å². The predicted molar refractivity (Wildman–Crippen MR) is 207 cm³/mol. The molecule has 10 nitrogen and oxygen atoms in total. The number of nitrogens with two attached hydrogens (primary N) is 2. The first-order valence-corrected chi connectivity index (χ1v) is 21.3. The molecule has 1 aliphatic rings. The quantitative estimate of drug-likeness (QED) is 0.0297. The molecule has 0 aliphatic carbocycles. The van der Waals surface area contributed by atoms with E-state index < -0.39 is 55.1 Å². The average molecular weight is 728 g/mol. The highest BCUT2D eigenvalue weighted by Crippen LogP contribution is 2.32. The standard InChI is InChI=1S/C41H81N3O7/c1-3-5-7-9-11-13-15-17-18-19-20-22-24-26-28-30-37(47)44(31-29-27-25-23-21-16-14-12-10-8-6-4-2)41(43)40(50)39(49)38(48)36(51-41)32-35(46)34(42)33-45/h34,36,38-40,45,48-50H,3-33,42-43H2,1-2H3/t34-,36+,38+,39-,40+,41-/m0/s1. The molecule has 1 heterocycles. The summed E-state index contributed by atoms with van der Waals surface area (Å²) < 4.78 is 5.97. The number of aliphatic hydroxyl groups excluding tert-OH is 4. The molecule has 1 saturated heterocycles. The lowest BCUT2D eigenvalue weighted by atomic mass is 9.90. The van der Waals surface area contributed by atoms with Crippen molar-refractivity contribution in [2.75, 3.05) is 13.2 Å². The number of nitrogens with zero attached hydrogens (tertiary/aromatic N) is 1. The van der Waals surface area contributed by atoms with E-state index in [1.165, 1.54) is 127 Å². The van der Waals surface area contributed by atoms with Crippen LogP contribution in [0.15, 0.2) is 0 Å². The third kappa shape index (κ3) is 20.2. The first kappa shape index (κ1) is 47.9. The number of hydrogen-bond acceptors (Lipinski definition) is 9. The number of rotatable bonds is 34. The van der Waals surface area contributed by atoms with Crippen molar-refractivity contribution < 1.29 is 34.8 Å². The molecule has 0 unspecified atom stereocenters. The van der Waals surface area contributed by atoms with Crippen molar-refractivity contribution in [3.05, 3.63) is 0 Å². The van der Waals surface area contributed by atoms with Gasteiger partial charge in [-0.3, -0.25) is 20.2 Å². The Bertz CT molecular complexity index is 865. The summed E-state index contributed by atoms with van der Waals surface area (Å²) in [5.41, 5.74) is 12.3. The molecule has 0 radical (unpaired) electrons. The monoisotopic (exact) mass is 728 g/mol. The van der Waals surface area contributed by atoms with Crippen LogP contribution >= 0.6 is 0 Å². The normalized spacial score (nSPS) is 22.7. The zero-order valence-electron chi connectivity index (χ0n) is 32.9. The van der Waals surface area contributed by atoms with E-state index in [0.717, 1.165) is 38.5 Å². The first-order valence-electron chi connectivity index (χ1n) is 21.3. The fourth-order valence-corrected chi connectivity index (χ4v) is 7.26. The van der Waals surface area contributed by atoms with Gasteiger partial charge < -0.3 is 30.9 Å². The van der Waals surface area contributed by atoms with Gasteiger partial charge in [0.15, 0.2) is 5.78 Å². The molecular formula is C41H81N3O7. The average Bonchev–Trinajstić information content (AvgIpc) is 3.12. The van der Waals surface area contributed by atoms with E-state index >= 15 is 0 Å². The maximum Gasteiger partial charge on any atom is 0.227 e. The summed E-state index contributed by atoms with van der Waals surface area (Å²) in [6, 6.07) is -1.18. The van der Waals surface area contributed by atoms with E-state index in [0.29, 0.717) is 12.8 Å². The number of aliphatic hydroxyl groups is 4. The van der Waals surface area contributed by atoms with E-state index in [2.05, 4.69) is 13.8 Å². The minimum Gasteiger partial charge on any atom is -0.394 e. The maximum absolute atomic E-state index is 13.7. The van der Waals surface area contributed by atoms with Crippen LogP contribution in [0.4, 0.5) is 0 Å². The van der Waals surface area contributed by atoms with Crippen LogP contribution in [0.2, 0.25) is 0 Å². The lowest BCUT2D eigenvalue weighted by Gasteiger charge is -2.51. The SMILES string of the molecule is CCCCCCCCCCCCCCCCCC(=O)N(CCCCCCCCCCCCCC)[C@]1(N)O[C@H](CC(=O)[C@@H](N)CO)[C@@H](O)[C@H](O)[C@H]1O. The second kappa shape index (κ2) is 30.2. The minimum absolute atomic E-state index is 0.224. The van der Waals surface area contributed by atoms with Crippen LogP contribution in [-0.2, 0) is 14.3 Å². The highest BCUT2D eigenvalue weighted by Gasteiger charge is 2.56. The Kier molecular flexibility index (Phi) is 28.4. The first-order chi connectivity index (χ1) is 24.6. The van der Waals surface area contributed by atoms with Crippen molar-refractivity contribution in [3.63, 3.8) is 0 Å². The van der Waals surface area contributed by atoms with Gasteiger partial charge in [0.1, 0.15) is 18.3 Å². The van der Waals surface area contributed by atoms with Gasteiger partial charge in [-0.05, 0) is 12.8 Å². The van der Waals surface area contributed by atoms with Gasteiger partial charge >= 0.3 is 0 Å². The van der Waals surface area contributed by atoms with Crippen molar-refractivity contribution in [2.24, 2.45) is 11.5 Å². The van der Waals surface area contributed by atoms with Crippen LogP contribution in [-0.4, -0.2) is 86.5 Å². The zero-order chi connectivity index (χ0) is 37.7. The molecule has 10 heteroatoms. The number of hydrogen-bond donors (Lipinski definition) is 6. The maximum atomic E-state index is 13.7. The molecule has 0 aromatic rings. The zero-order valence-corrected chi connectivity index (χ0v) is 32.9. The number of unbranched alkanes of at least 4 members (excludes halogenated alkanes) is 25. The minimum atomic E-state index is -2.13. The summed E-state index contributed by atoms with van der Waals surface area (Å²) in [5.74, 6) is -2.99. The number of Topliss-reactive ketones (excluding diaryl/α,β-unsaturated/α-hetero) is 1. The summed E-state index contributed by atoms with van der Waals surface area (Å²) in [4.78, 5) is 27.6. The molecule has 1 aliphatic heterocycles. The summed E-state index contributed by atoms with van der Waals surface area (Å²) >= 11 is 0. The summed E-state index contributed by atoms with van der Waals surface area (Å²) in [6.45, 7) is 4.13. The predicted octanol–water partition coefficient (Wildman–Crippen LogP) is 7.15. The second-order valence-corrected chi connectivity index (χ2v) is 15.4. The number of ketones is 1. The lowest BCUT2D eigenvalue weighted by molar-refractivity contribution is -0.309. The van der Waals surface area contributed by atoms with E-state index in [4.69, 9.17) is 16.2 Å². The van der Waals surface area contributed by atoms with Gasteiger partial charge in [-0.1, -0.05) is 174 Å². The van der Waals surface area contributed by atoms with Gasteiger partial charge in [-0.25, -0.2) is 0 Å². The van der Waals surface area contributed by atoms with Gasteiger partial charge in [0.05, 0.1) is 18.8 Å². The molecule has 51 heavy (non-hydrogen) atoms. The lowest BCUT2D eigenvalue weighted by Crippen LogP contribution is -2.76. The number of carbonyl (C=O) groups is 2. The van der Waals surface area contributed by atoms with Gasteiger partial charge in [-0.15, -0.1) is 0 Å². The molecule has 1 rings (SSSR count). The van der Waals surface area contributed by atoms with Crippen molar-refractivity contribution in [1.29, 1.82) is 0 Å². The van der Waals surface area contributed by atoms with Gasteiger partial charge in [-0.2, -0.15) is 0 Å². The van der Waals surface area contributed by atoms with Crippen molar-refractivity contribution in [2.45, 2.75) is 236 Å². The molecule has 0 aromatic heterocycles. The number of amides is 1. The molecular weight excluding hydrogens is 646 g/mol. The van der Waals surface area contributed by atoms with Gasteiger partial charge in [0.25, 0.3) is 0 Å². The topological polar surface area (TPSA) is 180 Å². The van der Waals surface area contributed by atoms with Crippen LogP contribution in [0.1, 0.15) is 200 Å². The molecule has 0 aromatic carbocycles. The molecule has 1 amide bonds. The third-order valence-electron chi connectivity index (χ3n) is 10.8. The Morgan fingerprint density at radius 3 is 1.39 bits per heavy atom. The Balaban J connectivity index is 2.62. The third-order valence-corrected chi connectivity index (χ3v) is 10.8. The Morgan fingerprint density at radius 2 is 1.00 bits per heavy atom. The number of ether oxygens (including phenoxy) is 1. The van der Waals surface area contributed by atoms with Crippen LogP contribution in [0, 0.1) is 0 Å². The van der Waals surface area contributed by atoms with E-state index in [-0.39, 0.29) is 18.9 Å². The van der Waals surface area contributed by atoms with Crippen LogP contribution in [0.3, 0.4) is 0 Å². The summed E-state index contributed by atoms with van der Waals surface area (Å²) in [7, 11) is 0. The Labute approximate surface area is 311 Å². The van der Waals surface area contributed by atoms with Gasteiger partial charge in [0.2, 0.25) is 11.8 Å². The summed E-state index contributed by atoms with van der Waals surface area (Å²) in [5, 5.41) is 41.8. The molecule has 0 saturated carbocycles. The van der Waals surface area contributed by atoms with Crippen molar-refractivity contribution in [1.82, 2.24) is 4.90 Å². The van der Waals surface area contributed by atoms with E-state index in [1.807, 2.05) is 0 Å². The molecule has 8 N–H and O–H groups in total. The second-order valence-electron chi connectivity index (χ2n) is 15.4. The van der Waals surface area contributed by atoms with Crippen molar-refractivity contribution >= 4 is 11.7 Å². The number of carbonyl (C=O) groups excluding carboxylic acids is 2. The smallest absolute Gasteiger partial charge is 0.227 e. The summed E-state index contributed by atoms with van der Waals surface area (Å²) in [6.07, 6.45) is 25.6. The molecule has 6 atom stereocenters. The molecule has 0 bridgehead atoms. The van der Waals surface area contributed by atoms with E-state index in [9.17, 15) is 30.0 Å². The van der Waals surface area contributed by atoms with Gasteiger partial charge in [0, 0.05) is 19.4 Å². The molecule has 0 spiro atoms. The largest absolute Gasteiger partial charge is 0.394 e. The van der Waals surface area contributed by atoms with Crippen molar-refractivity contribution in [3.8, 4) is 0 Å². The molecule has 1 fully saturated rings.